The second kappa shape index (κ2) is 6.54. The van der Waals surface area contributed by atoms with Crippen molar-refractivity contribution in [2.24, 2.45) is 11.8 Å². The maximum atomic E-state index is 12.2. The molecule has 1 aromatic rings. The standard InChI is InChI=1S/C14H16Cl2N2O3/c1-8-6-18(7-10(8)13(19)21-2)14(20)17-9-3-4-11(15)12(16)5-9/h3-5,8,10H,6-7H2,1-2H3,(H,17,20). The molecule has 21 heavy (non-hydrogen) atoms. The van der Waals surface area contributed by atoms with E-state index in [1.54, 1.807) is 23.1 Å². The lowest BCUT2D eigenvalue weighted by Gasteiger charge is -2.17. The highest BCUT2D eigenvalue weighted by molar-refractivity contribution is 6.42. The number of anilines is 1. The zero-order valence-corrected chi connectivity index (χ0v) is 13.2. The topological polar surface area (TPSA) is 58.6 Å². The van der Waals surface area contributed by atoms with Crippen LogP contribution in [0.5, 0.6) is 0 Å². The fraction of sp³-hybridized carbons (Fsp3) is 0.429. The Morgan fingerprint density at radius 1 is 1.29 bits per heavy atom. The second-order valence-corrected chi connectivity index (χ2v) is 5.89. The number of halogens is 2. The molecule has 2 amide bonds. The minimum Gasteiger partial charge on any atom is -0.469 e. The highest BCUT2D eigenvalue weighted by Crippen LogP contribution is 2.27. The van der Waals surface area contributed by atoms with Gasteiger partial charge in [-0.25, -0.2) is 4.79 Å². The van der Waals surface area contributed by atoms with Crippen molar-refractivity contribution in [1.29, 1.82) is 0 Å². The highest BCUT2D eigenvalue weighted by atomic mass is 35.5. The molecule has 0 saturated carbocycles. The molecular weight excluding hydrogens is 315 g/mol. The molecular formula is C14H16Cl2N2O3. The third-order valence-corrected chi connectivity index (χ3v) is 4.31. The Morgan fingerprint density at radius 2 is 2.00 bits per heavy atom. The Hall–Kier alpha value is -1.46. The van der Waals surface area contributed by atoms with Crippen molar-refractivity contribution >= 4 is 40.9 Å². The number of nitrogens with zero attached hydrogens (tertiary/aromatic N) is 1. The molecule has 114 valence electrons. The van der Waals surface area contributed by atoms with Crippen molar-refractivity contribution in [3.8, 4) is 0 Å². The smallest absolute Gasteiger partial charge is 0.321 e. The quantitative estimate of drug-likeness (QED) is 0.846. The van der Waals surface area contributed by atoms with Gasteiger partial charge in [0.1, 0.15) is 0 Å². The van der Waals surface area contributed by atoms with Crippen LogP contribution >= 0.6 is 23.2 Å². The molecule has 0 aromatic heterocycles. The van der Waals surface area contributed by atoms with Crippen molar-refractivity contribution < 1.29 is 14.3 Å². The molecule has 1 saturated heterocycles. The summed E-state index contributed by atoms with van der Waals surface area (Å²) < 4.78 is 4.75. The van der Waals surface area contributed by atoms with E-state index in [4.69, 9.17) is 27.9 Å². The molecule has 0 aliphatic carbocycles. The van der Waals surface area contributed by atoms with Crippen LogP contribution in [0.3, 0.4) is 0 Å². The molecule has 1 N–H and O–H groups in total. The first kappa shape index (κ1) is 15.9. The minimum atomic E-state index is -0.285. The summed E-state index contributed by atoms with van der Waals surface area (Å²) in [5, 5.41) is 3.54. The maximum absolute atomic E-state index is 12.2. The summed E-state index contributed by atoms with van der Waals surface area (Å²) in [4.78, 5) is 25.4. The number of likely N-dealkylation sites (tertiary alicyclic amines) is 1. The number of benzene rings is 1. The molecule has 1 heterocycles. The fourth-order valence-electron chi connectivity index (χ4n) is 2.37. The zero-order chi connectivity index (χ0) is 15.6. The van der Waals surface area contributed by atoms with E-state index < -0.39 is 0 Å². The first-order chi connectivity index (χ1) is 9.92. The van der Waals surface area contributed by atoms with Gasteiger partial charge in [-0.1, -0.05) is 30.1 Å². The van der Waals surface area contributed by atoms with Crippen molar-refractivity contribution in [3.63, 3.8) is 0 Å². The summed E-state index contributed by atoms with van der Waals surface area (Å²) in [6.45, 7) is 2.78. The van der Waals surface area contributed by atoms with E-state index in [0.717, 1.165) is 0 Å². The Balaban J connectivity index is 2.01. The molecule has 0 bridgehead atoms. The summed E-state index contributed by atoms with van der Waals surface area (Å²) >= 11 is 11.7. The van der Waals surface area contributed by atoms with E-state index in [2.05, 4.69) is 5.32 Å². The van der Waals surface area contributed by atoms with Gasteiger partial charge in [-0.15, -0.1) is 0 Å². The van der Waals surface area contributed by atoms with Crippen LogP contribution in [-0.4, -0.2) is 37.1 Å². The van der Waals surface area contributed by atoms with Gasteiger partial charge in [0.15, 0.2) is 0 Å². The number of rotatable bonds is 2. The fourth-order valence-corrected chi connectivity index (χ4v) is 2.67. The van der Waals surface area contributed by atoms with Crippen LogP contribution < -0.4 is 5.32 Å². The van der Waals surface area contributed by atoms with E-state index in [9.17, 15) is 9.59 Å². The van der Waals surface area contributed by atoms with Crippen LogP contribution in [0, 0.1) is 11.8 Å². The van der Waals surface area contributed by atoms with Crippen LogP contribution in [0.2, 0.25) is 10.0 Å². The number of nitrogens with one attached hydrogen (secondary N) is 1. The van der Waals surface area contributed by atoms with Gasteiger partial charge >= 0.3 is 12.0 Å². The van der Waals surface area contributed by atoms with Gasteiger partial charge in [0.05, 0.1) is 23.1 Å². The van der Waals surface area contributed by atoms with Crippen molar-refractivity contribution in [3.05, 3.63) is 28.2 Å². The summed E-state index contributed by atoms with van der Waals surface area (Å²) in [6.07, 6.45) is 0. The molecule has 0 radical (unpaired) electrons. The van der Waals surface area contributed by atoms with Gasteiger partial charge in [-0.2, -0.15) is 0 Å². The van der Waals surface area contributed by atoms with Gasteiger partial charge in [-0.3, -0.25) is 4.79 Å². The summed E-state index contributed by atoms with van der Waals surface area (Å²) in [5.41, 5.74) is 0.559. The third-order valence-electron chi connectivity index (χ3n) is 3.57. The summed E-state index contributed by atoms with van der Waals surface area (Å²) in [6, 6.07) is 4.60. The monoisotopic (exact) mass is 330 g/mol. The van der Waals surface area contributed by atoms with E-state index in [0.29, 0.717) is 28.8 Å². The van der Waals surface area contributed by atoms with Crippen molar-refractivity contribution in [2.45, 2.75) is 6.92 Å². The van der Waals surface area contributed by atoms with Gasteiger partial charge in [-0.05, 0) is 24.1 Å². The number of urea groups is 1. The molecule has 1 fully saturated rings. The van der Waals surface area contributed by atoms with E-state index in [1.165, 1.54) is 7.11 Å². The average Bonchev–Trinajstić information content (AvgIpc) is 2.84. The van der Waals surface area contributed by atoms with E-state index in [-0.39, 0.29) is 23.8 Å². The lowest BCUT2D eigenvalue weighted by molar-refractivity contribution is -0.145. The lowest BCUT2D eigenvalue weighted by Crippen LogP contribution is -2.34. The maximum Gasteiger partial charge on any atom is 0.321 e. The van der Waals surface area contributed by atoms with Crippen LogP contribution in [0.1, 0.15) is 6.92 Å². The molecule has 5 nitrogen and oxygen atoms in total. The van der Waals surface area contributed by atoms with Gasteiger partial charge in [0.25, 0.3) is 0 Å². The molecule has 2 unspecified atom stereocenters. The number of amides is 2. The number of hydrogen-bond donors (Lipinski definition) is 1. The largest absolute Gasteiger partial charge is 0.469 e. The Bertz CT molecular complexity index is 565. The Kier molecular flexibility index (Phi) is 4.96. The Morgan fingerprint density at radius 3 is 2.62 bits per heavy atom. The number of carbonyl (C=O) groups excluding carboxylic acids is 2. The van der Waals surface area contributed by atoms with Gasteiger partial charge in [0.2, 0.25) is 0 Å². The van der Waals surface area contributed by atoms with Crippen LogP contribution in [-0.2, 0) is 9.53 Å². The van der Waals surface area contributed by atoms with E-state index >= 15 is 0 Å². The van der Waals surface area contributed by atoms with Gasteiger partial charge in [0, 0.05) is 18.8 Å². The SMILES string of the molecule is COC(=O)C1CN(C(=O)Nc2ccc(Cl)c(Cl)c2)CC1C. The number of methoxy groups -OCH3 is 1. The molecule has 1 aromatic carbocycles. The van der Waals surface area contributed by atoms with Crippen LogP contribution in [0.4, 0.5) is 10.5 Å². The molecule has 0 spiro atoms. The minimum absolute atomic E-state index is 0.0667. The van der Waals surface area contributed by atoms with Crippen LogP contribution in [0.15, 0.2) is 18.2 Å². The van der Waals surface area contributed by atoms with E-state index in [1.807, 2.05) is 6.92 Å². The van der Waals surface area contributed by atoms with Gasteiger partial charge < -0.3 is 15.0 Å². The number of carbonyl (C=O) groups is 2. The normalized spacial score (nSPS) is 21.2. The molecule has 7 heteroatoms. The highest BCUT2D eigenvalue weighted by Gasteiger charge is 2.37. The molecule has 2 atom stereocenters. The van der Waals surface area contributed by atoms with Crippen molar-refractivity contribution in [2.75, 3.05) is 25.5 Å². The predicted molar refractivity (Wildman–Crippen MR) is 81.7 cm³/mol. The number of hydrogen-bond acceptors (Lipinski definition) is 3. The first-order valence-corrected chi connectivity index (χ1v) is 7.26. The molecule has 1 aliphatic rings. The van der Waals surface area contributed by atoms with Crippen LogP contribution in [0.25, 0.3) is 0 Å². The summed E-state index contributed by atoms with van der Waals surface area (Å²) in [7, 11) is 1.35. The number of esters is 1. The average molecular weight is 331 g/mol. The summed E-state index contributed by atoms with van der Waals surface area (Å²) in [5.74, 6) is -0.501. The molecule has 1 aliphatic heterocycles. The second-order valence-electron chi connectivity index (χ2n) is 5.07. The first-order valence-electron chi connectivity index (χ1n) is 6.51. The van der Waals surface area contributed by atoms with Crippen molar-refractivity contribution in [1.82, 2.24) is 4.90 Å². The zero-order valence-electron chi connectivity index (χ0n) is 11.7. The third kappa shape index (κ3) is 3.60. The molecule has 2 rings (SSSR count). The predicted octanol–water partition coefficient (Wildman–Crippen LogP) is 3.27. The Labute approximate surface area is 133 Å². The number of ether oxygens (including phenoxy) is 1. The lowest BCUT2D eigenvalue weighted by atomic mass is 9.99.